The lowest BCUT2D eigenvalue weighted by Gasteiger charge is -2.27. The number of halogens is 2. The zero-order valence-electron chi connectivity index (χ0n) is 23.3. The number of imidazole rings is 1. The fourth-order valence-corrected chi connectivity index (χ4v) is 5.59. The Morgan fingerprint density at radius 2 is 1.95 bits per heavy atom. The second-order valence-electron chi connectivity index (χ2n) is 10.6. The number of hydrogen-bond donors (Lipinski definition) is 0. The molecule has 1 saturated heterocycles. The zero-order valence-corrected chi connectivity index (χ0v) is 24.1. The molecule has 1 fully saturated rings. The lowest BCUT2D eigenvalue weighted by Crippen LogP contribution is -2.32. The first kappa shape index (κ1) is 27.3. The average molecular weight is 601 g/mol. The molecule has 7 rings (SSSR count). The second-order valence-corrected chi connectivity index (χ2v) is 11.1. The van der Waals surface area contributed by atoms with Crippen molar-refractivity contribution in [2.75, 3.05) is 13.7 Å². The van der Waals surface area contributed by atoms with Gasteiger partial charge in [0.15, 0.2) is 17.3 Å². The smallest absolute Gasteiger partial charge is 0.337 e. The van der Waals surface area contributed by atoms with Crippen LogP contribution < -0.4 is 9.47 Å². The number of aromatic nitrogens is 4. The van der Waals surface area contributed by atoms with Crippen molar-refractivity contribution < 1.29 is 28.1 Å². The fourth-order valence-electron chi connectivity index (χ4n) is 5.43. The summed E-state index contributed by atoms with van der Waals surface area (Å²) >= 11 is 5.94. The largest absolute Gasteiger partial charge is 0.465 e. The molecule has 4 heterocycles. The number of para-hydroxylation sites is 1. The normalized spacial score (nSPS) is 18.9. The highest BCUT2D eigenvalue weighted by molar-refractivity contribution is 6.30. The van der Waals surface area contributed by atoms with Crippen molar-refractivity contribution in [2.24, 2.45) is 0 Å². The number of nitrogens with zero attached hydrogens (tertiary/aromatic N) is 4. The molecular weight excluding hydrogens is 575 g/mol. The lowest BCUT2D eigenvalue weighted by atomic mass is 10.1. The minimum atomic E-state index is -1.38. The van der Waals surface area contributed by atoms with Gasteiger partial charge in [0.1, 0.15) is 11.6 Å². The first-order valence-corrected chi connectivity index (χ1v) is 14.2. The topological polar surface area (TPSA) is 97.6 Å². The van der Waals surface area contributed by atoms with Crippen LogP contribution in [-0.2, 0) is 28.2 Å². The molecule has 2 aliphatic heterocycles. The Morgan fingerprint density at radius 1 is 1.14 bits per heavy atom. The number of methoxy groups -OCH3 is 1. The van der Waals surface area contributed by atoms with Gasteiger partial charge >= 0.3 is 5.97 Å². The predicted octanol–water partition coefficient (Wildman–Crippen LogP) is 6.10. The Bertz CT molecular complexity index is 1870. The Hall–Kier alpha value is -4.54. The third-order valence-corrected chi connectivity index (χ3v) is 7.97. The molecule has 11 heteroatoms. The van der Waals surface area contributed by atoms with E-state index in [0.29, 0.717) is 41.4 Å². The number of rotatable bonds is 7. The molecule has 1 unspecified atom stereocenters. The molecule has 0 radical (unpaired) electrons. The van der Waals surface area contributed by atoms with Crippen LogP contribution in [-0.4, -0.2) is 45.3 Å². The predicted molar refractivity (Wildman–Crippen MR) is 156 cm³/mol. The summed E-state index contributed by atoms with van der Waals surface area (Å²) in [6, 6.07) is 15.1. The van der Waals surface area contributed by atoms with Crippen molar-refractivity contribution >= 4 is 28.6 Å². The molecule has 0 saturated carbocycles. The molecule has 9 nitrogen and oxygen atoms in total. The quantitative estimate of drug-likeness (QED) is 0.207. The highest BCUT2D eigenvalue weighted by Crippen LogP contribution is 2.49. The summed E-state index contributed by atoms with van der Waals surface area (Å²) in [5.74, 6) is -0.187. The monoisotopic (exact) mass is 600 g/mol. The highest BCUT2D eigenvalue weighted by atomic mass is 35.5. The van der Waals surface area contributed by atoms with Crippen molar-refractivity contribution in [3.05, 3.63) is 100 Å². The average Bonchev–Trinajstić information content (AvgIpc) is 3.51. The van der Waals surface area contributed by atoms with E-state index in [1.807, 2.05) is 18.2 Å². The lowest BCUT2D eigenvalue weighted by molar-refractivity contribution is -0.0705. The maximum atomic E-state index is 14.8. The summed E-state index contributed by atoms with van der Waals surface area (Å²) in [7, 11) is 1.36. The van der Waals surface area contributed by atoms with E-state index in [-0.39, 0.29) is 16.7 Å². The van der Waals surface area contributed by atoms with Crippen molar-refractivity contribution in [3.63, 3.8) is 0 Å². The minimum Gasteiger partial charge on any atom is -0.465 e. The molecule has 2 aromatic heterocycles. The van der Waals surface area contributed by atoms with Crippen LogP contribution in [0, 0.1) is 5.82 Å². The molecule has 0 spiro atoms. The molecule has 0 N–H and O–H groups in total. The number of esters is 1. The number of fused-ring (bicyclic) bond motifs is 2. The SMILES string of the molecule is COC(=O)c1ccc2nc(Cc3cnc(-c4cccc5c4OC(C)(c4ccc(Cl)cc4F)O5)nc3)n(C[C@@H]3CCO3)c2c1. The van der Waals surface area contributed by atoms with Gasteiger partial charge in [0.2, 0.25) is 0 Å². The molecule has 0 bridgehead atoms. The molecular formula is C32H26ClFN4O5. The van der Waals surface area contributed by atoms with Crippen molar-refractivity contribution in [1.29, 1.82) is 0 Å². The summed E-state index contributed by atoms with van der Waals surface area (Å²) < 4.78 is 39.8. The minimum absolute atomic E-state index is 0.0889. The summed E-state index contributed by atoms with van der Waals surface area (Å²) in [5.41, 5.74) is 3.76. The Labute approximate surface area is 251 Å². The van der Waals surface area contributed by atoms with Crippen LogP contribution in [0.4, 0.5) is 4.39 Å². The van der Waals surface area contributed by atoms with Gasteiger partial charge in [-0.05, 0) is 60.5 Å². The number of hydrogen-bond acceptors (Lipinski definition) is 8. The van der Waals surface area contributed by atoms with Crippen molar-refractivity contribution in [2.45, 2.75) is 38.2 Å². The summed E-state index contributed by atoms with van der Waals surface area (Å²) in [4.78, 5) is 26.3. The van der Waals surface area contributed by atoms with Crippen LogP contribution in [0.15, 0.2) is 67.0 Å². The van der Waals surface area contributed by atoms with Gasteiger partial charge in [-0.3, -0.25) is 0 Å². The van der Waals surface area contributed by atoms with Crippen LogP contribution in [0.25, 0.3) is 22.4 Å². The third-order valence-electron chi connectivity index (χ3n) is 7.74. The van der Waals surface area contributed by atoms with E-state index in [4.69, 9.17) is 35.5 Å². The van der Waals surface area contributed by atoms with Gasteiger partial charge in [-0.25, -0.2) is 24.1 Å². The van der Waals surface area contributed by atoms with Gasteiger partial charge in [0.25, 0.3) is 5.79 Å². The van der Waals surface area contributed by atoms with E-state index in [0.717, 1.165) is 35.4 Å². The van der Waals surface area contributed by atoms with Crippen molar-refractivity contribution in [1.82, 2.24) is 19.5 Å². The summed E-state index contributed by atoms with van der Waals surface area (Å²) in [6.45, 7) is 3.01. The number of carbonyl (C=O) groups is 1. The molecule has 0 amide bonds. The van der Waals surface area contributed by atoms with E-state index < -0.39 is 17.6 Å². The Balaban J connectivity index is 1.17. The van der Waals surface area contributed by atoms with E-state index in [9.17, 15) is 9.18 Å². The third kappa shape index (κ3) is 4.96. The summed E-state index contributed by atoms with van der Waals surface area (Å²) in [6.07, 6.45) is 5.02. The number of carbonyl (C=O) groups excluding carboxylic acids is 1. The van der Waals surface area contributed by atoms with Crippen LogP contribution >= 0.6 is 11.6 Å². The maximum Gasteiger partial charge on any atom is 0.337 e. The van der Waals surface area contributed by atoms with Gasteiger partial charge < -0.3 is 23.5 Å². The highest BCUT2D eigenvalue weighted by Gasteiger charge is 2.42. The van der Waals surface area contributed by atoms with Crippen LogP contribution in [0.2, 0.25) is 5.02 Å². The standard InChI is InChI=1S/C32H26ClFN4O5/c1-32(23-8-7-20(33)14-24(23)34)42-27-5-3-4-22(29(27)43-32)30-35-15-18(16-36-30)12-28-37-25-9-6-19(31(39)40-2)13-26(25)38(28)17-21-10-11-41-21/h3-9,13-16,21H,10-12,17H2,1-2H3/t21-,32?/m0/s1. The zero-order chi connectivity index (χ0) is 29.7. The molecule has 2 aliphatic rings. The van der Waals surface area contributed by atoms with Gasteiger partial charge in [-0.1, -0.05) is 17.7 Å². The number of ether oxygens (including phenoxy) is 4. The molecule has 218 valence electrons. The summed E-state index contributed by atoms with van der Waals surface area (Å²) in [5, 5.41) is 0.285. The van der Waals surface area contributed by atoms with Gasteiger partial charge in [0, 0.05) is 37.4 Å². The van der Waals surface area contributed by atoms with E-state index in [1.54, 1.807) is 49.6 Å². The Kier molecular flexibility index (Phi) is 6.75. The fraction of sp³-hybridized carbons (Fsp3) is 0.250. The second kappa shape index (κ2) is 10.6. The first-order chi connectivity index (χ1) is 20.8. The van der Waals surface area contributed by atoms with Gasteiger partial charge in [-0.2, -0.15) is 0 Å². The molecule has 3 aromatic carbocycles. The maximum absolute atomic E-state index is 14.8. The van der Waals surface area contributed by atoms with Gasteiger partial charge in [-0.15, -0.1) is 0 Å². The number of benzene rings is 3. The van der Waals surface area contributed by atoms with Crippen molar-refractivity contribution in [3.8, 4) is 22.9 Å². The van der Waals surface area contributed by atoms with E-state index >= 15 is 0 Å². The van der Waals surface area contributed by atoms with Crippen LogP contribution in [0.3, 0.4) is 0 Å². The molecule has 0 aliphatic carbocycles. The molecule has 2 atom stereocenters. The van der Waals surface area contributed by atoms with Crippen LogP contribution in [0.5, 0.6) is 11.5 Å². The Morgan fingerprint density at radius 3 is 2.67 bits per heavy atom. The first-order valence-electron chi connectivity index (χ1n) is 13.8. The van der Waals surface area contributed by atoms with Crippen LogP contribution in [0.1, 0.15) is 40.7 Å². The van der Waals surface area contributed by atoms with Gasteiger partial charge in [0.05, 0.1) is 47.5 Å². The molecule has 5 aromatic rings. The molecule has 43 heavy (non-hydrogen) atoms. The van der Waals surface area contributed by atoms with E-state index in [2.05, 4.69) is 14.5 Å². The van der Waals surface area contributed by atoms with E-state index in [1.165, 1.54) is 13.2 Å².